The number of hydrogen-bond donors (Lipinski definition) is 2. The van der Waals surface area contributed by atoms with Gasteiger partial charge in [0, 0.05) is 39.8 Å². The van der Waals surface area contributed by atoms with Crippen LogP contribution in [-0.2, 0) is 13.1 Å². The minimum absolute atomic E-state index is 0. The van der Waals surface area contributed by atoms with Gasteiger partial charge in [0.2, 0.25) is 0 Å². The van der Waals surface area contributed by atoms with Gasteiger partial charge in [-0.1, -0.05) is 24.3 Å². The molecule has 0 heterocycles. The maximum absolute atomic E-state index is 13.2. The Balaban J connectivity index is 0.00000338. The summed E-state index contributed by atoms with van der Waals surface area (Å²) in [5.74, 6) is 0.347. The number of hydrogen-bond acceptors (Lipinski definition) is 2. The fourth-order valence-electron chi connectivity index (χ4n) is 2.26. The van der Waals surface area contributed by atoms with Gasteiger partial charge in [-0.25, -0.2) is 4.39 Å². The van der Waals surface area contributed by atoms with Crippen LogP contribution in [0.2, 0.25) is 0 Å². The van der Waals surface area contributed by atoms with E-state index in [1.54, 1.807) is 32.1 Å². The SMILES string of the molecule is CN=C(NCc1ccc(C(=O)N(C)C)cc1)NCc1cccc(F)c1.I. The molecule has 2 N–H and O–H groups in total. The Hall–Kier alpha value is -2.16. The number of halogens is 2. The lowest BCUT2D eigenvalue weighted by Crippen LogP contribution is -2.36. The first kappa shape index (κ1) is 21.9. The van der Waals surface area contributed by atoms with Crippen LogP contribution in [0.25, 0.3) is 0 Å². The van der Waals surface area contributed by atoms with Crippen LogP contribution in [0.15, 0.2) is 53.5 Å². The minimum Gasteiger partial charge on any atom is -0.352 e. The zero-order chi connectivity index (χ0) is 18.2. The van der Waals surface area contributed by atoms with Crippen molar-refractivity contribution in [1.29, 1.82) is 0 Å². The number of guanidine groups is 1. The molecule has 0 bridgehead atoms. The number of benzene rings is 2. The lowest BCUT2D eigenvalue weighted by Gasteiger charge is -2.13. The van der Waals surface area contributed by atoms with Crippen LogP contribution < -0.4 is 10.6 Å². The van der Waals surface area contributed by atoms with Gasteiger partial charge >= 0.3 is 0 Å². The van der Waals surface area contributed by atoms with Crippen molar-refractivity contribution in [1.82, 2.24) is 15.5 Å². The highest BCUT2D eigenvalue weighted by molar-refractivity contribution is 14.0. The van der Waals surface area contributed by atoms with E-state index in [1.807, 2.05) is 30.3 Å². The van der Waals surface area contributed by atoms with Gasteiger partial charge in [-0.05, 0) is 35.4 Å². The van der Waals surface area contributed by atoms with Crippen molar-refractivity contribution in [2.24, 2.45) is 4.99 Å². The smallest absolute Gasteiger partial charge is 0.253 e. The van der Waals surface area contributed by atoms with Crippen molar-refractivity contribution in [3.8, 4) is 0 Å². The lowest BCUT2D eigenvalue weighted by atomic mass is 10.1. The number of carbonyl (C=O) groups is 1. The molecule has 0 saturated carbocycles. The first-order valence-electron chi connectivity index (χ1n) is 7.99. The molecular formula is C19H24FIN4O. The molecule has 140 valence electrons. The van der Waals surface area contributed by atoms with Crippen LogP contribution in [-0.4, -0.2) is 37.9 Å². The molecule has 26 heavy (non-hydrogen) atoms. The molecule has 0 fully saturated rings. The number of nitrogens with zero attached hydrogens (tertiary/aromatic N) is 2. The highest BCUT2D eigenvalue weighted by Gasteiger charge is 2.07. The van der Waals surface area contributed by atoms with Gasteiger partial charge in [-0.3, -0.25) is 9.79 Å². The summed E-state index contributed by atoms with van der Waals surface area (Å²) < 4.78 is 13.2. The van der Waals surface area contributed by atoms with Gasteiger partial charge in [0.15, 0.2) is 5.96 Å². The maximum Gasteiger partial charge on any atom is 0.253 e. The van der Waals surface area contributed by atoms with Crippen LogP contribution in [0.1, 0.15) is 21.5 Å². The average molecular weight is 470 g/mol. The predicted octanol–water partition coefficient (Wildman–Crippen LogP) is 3.01. The van der Waals surface area contributed by atoms with Gasteiger partial charge in [0.1, 0.15) is 5.82 Å². The van der Waals surface area contributed by atoms with E-state index in [-0.39, 0.29) is 35.7 Å². The second kappa shape index (κ2) is 10.7. The molecule has 0 aliphatic rings. The van der Waals surface area contributed by atoms with E-state index in [2.05, 4.69) is 15.6 Å². The molecule has 1 amide bonds. The Labute approximate surface area is 170 Å². The second-order valence-electron chi connectivity index (χ2n) is 5.81. The van der Waals surface area contributed by atoms with Crippen molar-refractivity contribution in [2.75, 3.05) is 21.1 Å². The van der Waals surface area contributed by atoms with Crippen LogP contribution in [0, 0.1) is 5.82 Å². The van der Waals surface area contributed by atoms with Crippen LogP contribution in [0.4, 0.5) is 4.39 Å². The molecule has 0 aliphatic heterocycles. The third kappa shape index (κ3) is 6.62. The van der Waals surface area contributed by atoms with Crippen molar-refractivity contribution in [2.45, 2.75) is 13.1 Å². The first-order valence-corrected chi connectivity index (χ1v) is 7.99. The fourth-order valence-corrected chi connectivity index (χ4v) is 2.26. The van der Waals surface area contributed by atoms with E-state index in [0.29, 0.717) is 24.6 Å². The van der Waals surface area contributed by atoms with E-state index in [4.69, 9.17) is 0 Å². The Morgan fingerprint density at radius 2 is 1.65 bits per heavy atom. The molecule has 0 radical (unpaired) electrons. The molecule has 2 aromatic carbocycles. The van der Waals surface area contributed by atoms with Gasteiger partial charge in [0.25, 0.3) is 5.91 Å². The highest BCUT2D eigenvalue weighted by atomic mass is 127. The lowest BCUT2D eigenvalue weighted by molar-refractivity contribution is 0.0827. The van der Waals surface area contributed by atoms with Crippen LogP contribution in [0.3, 0.4) is 0 Å². The summed E-state index contributed by atoms with van der Waals surface area (Å²) in [5.41, 5.74) is 2.53. The standard InChI is InChI=1S/C19H23FN4O.HI/c1-21-19(23-13-15-5-4-6-17(20)11-15)22-12-14-7-9-16(10-8-14)18(25)24(2)3;/h4-11H,12-13H2,1-3H3,(H2,21,22,23);1H. The molecule has 0 atom stereocenters. The van der Waals surface area contributed by atoms with E-state index in [0.717, 1.165) is 11.1 Å². The Bertz CT molecular complexity index is 747. The van der Waals surface area contributed by atoms with Gasteiger partial charge in [-0.15, -0.1) is 24.0 Å². The Kier molecular flexibility index (Phi) is 9.04. The number of aliphatic imine (C=N–C) groups is 1. The summed E-state index contributed by atoms with van der Waals surface area (Å²) >= 11 is 0. The summed E-state index contributed by atoms with van der Waals surface area (Å²) in [6, 6.07) is 13.9. The summed E-state index contributed by atoms with van der Waals surface area (Å²) in [6.07, 6.45) is 0. The average Bonchev–Trinajstić information content (AvgIpc) is 2.61. The number of rotatable bonds is 5. The molecule has 2 rings (SSSR count). The minimum atomic E-state index is -0.255. The van der Waals surface area contributed by atoms with Crippen LogP contribution >= 0.6 is 24.0 Å². The van der Waals surface area contributed by atoms with Gasteiger partial charge in [0.05, 0.1) is 0 Å². The molecule has 5 nitrogen and oxygen atoms in total. The van der Waals surface area contributed by atoms with Crippen molar-refractivity contribution < 1.29 is 9.18 Å². The molecule has 7 heteroatoms. The molecule has 0 unspecified atom stereocenters. The highest BCUT2D eigenvalue weighted by Crippen LogP contribution is 2.06. The van der Waals surface area contributed by atoms with Crippen molar-refractivity contribution in [3.05, 3.63) is 71.0 Å². The first-order chi connectivity index (χ1) is 12.0. The zero-order valence-electron chi connectivity index (χ0n) is 15.1. The van der Waals surface area contributed by atoms with Gasteiger partial charge < -0.3 is 15.5 Å². The number of nitrogens with one attached hydrogen (secondary N) is 2. The largest absolute Gasteiger partial charge is 0.352 e. The zero-order valence-corrected chi connectivity index (χ0v) is 17.5. The maximum atomic E-state index is 13.2. The molecule has 0 aliphatic carbocycles. The monoisotopic (exact) mass is 470 g/mol. The summed E-state index contributed by atoms with van der Waals surface area (Å²) in [7, 11) is 5.14. The topological polar surface area (TPSA) is 56.7 Å². The number of amides is 1. The Morgan fingerprint density at radius 1 is 1.04 bits per heavy atom. The second-order valence-corrected chi connectivity index (χ2v) is 5.81. The van der Waals surface area contributed by atoms with Crippen molar-refractivity contribution >= 4 is 35.8 Å². The fraction of sp³-hybridized carbons (Fsp3) is 0.263. The van der Waals surface area contributed by atoms with E-state index in [1.165, 1.54) is 12.1 Å². The summed E-state index contributed by atoms with van der Waals surface area (Å²) in [5, 5.41) is 6.33. The molecular weight excluding hydrogens is 446 g/mol. The molecule has 0 saturated heterocycles. The number of carbonyl (C=O) groups excluding carboxylic acids is 1. The summed E-state index contributed by atoms with van der Waals surface area (Å²) in [6.45, 7) is 1.05. The predicted molar refractivity (Wildman–Crippen MR) is 113 cm³/mol. The Morgan fingerprint density at radius 3 is 2.19 bits per heavy atom. The normalized spacial score (nSPS) is 10.7. The summed E-state index contributed by atoms with van der Waals surface area (Å²) in [4.78, 5) is 17.6. The molecule has 2 aromatic rings. The van der Waals surface area contributed by atoms with Gasteiger partial charge in [-0.2, -0.15) is 0 Å². The van der Waals surface area contributed by atoms with Crippen LogP contribution in [0.5, 0.6) is 0 Å². The van der Waals surface area contributed by atoms with E-state index < -0.39 is 0 Å². The van der Waals surface area contributed by atoms with E-state index >= 15 is 0 Å². The van der Waals surface area contributed by atoms with Crippen molar-refractivity contribution in [3.63, 3.8) is 0 Å². The third-order valence-corrected chi connectivity index (χ3v) is 3.64. The van der Waals surface area contributed by atoms with E-state index in [9.17, 15) is 9.18 Å². The molecule has 0 aromatic heterocycles. The quantitative estimate of drug-likeness (QED) is 0.402. The third-order valence-electron chi connectivity index (χ3n) is 3.64. The molecule has 0 spiro atoms.